The van der Waals surface area contributed by atoms with E-state index in [4.69, 9.17) is 15.5 Å². The Bertz CT molecular complexity index is 996. The van der Waals surface area contributed by atoms with Crippen LogP contribution in [0, 0.1) is 17.8 Å². The predicted octanol–water partition coefficient (Wildman–Crippen LogP) is 1.73. The second-order valence-corrected chi connectivity index (χ2v) is 9.67. The molecule has 1 unspecified atom stereocenters. The quantitative estimate of drug-likeness (QED) is 0.793. The van der Waals surface area contributed by atoms with Crippen LogP contribution in [0.5, 0.6) is 0 Å². The lowest BCUT2D eigenvalue weighted by molar-refractivity contribution is -0.134. The molecule has 0 aromatic carbocycles. The van der Waals surface area contributed by atoms with E-state index in [1.807, 2.05) is 13.1 Å². The van der Waals surface area contributed by atoms with Crippen molar-refractivity contribution in [1.29, 1.82) is 0 Å². The first-order valence-corrected chi connectivity index (χ1v) is 10.4. The molecular weight excluding hydrogens is 370 g/mol. The molecule has 4 aliphatic rings. The number of carbonyl (C=O) groups is 1. The fraction of sp³-hybridized carbons (Fsp3) is 0.667. The molecule has 5 heterocycles. The number of aryl methyl sites for hydroxylation is 1. The van der Waals surface area contributed by atoms with Crippen molar-refractivity contribution >= 4 is 17.2 Å². The maximum absolute atomic E-state index is 12.2. The number of anilines is 1. The largest absolute Gasteiger partial charge is 0.393 e. The van der Waals surface area contributed by atoms with Crippen molar-refractivity contribution in [2.75, 3.05) is 24.6 Å². The number of fused-ring (bicyclic) bond motifs is 2. The molecule has 3 aliphatic heterocycles. The van der Waals surface area contributed by atoms with Crippen molar-refractivity contribution in [3.8, 4) is 0 Å². The molecule has 8 nitrogen and oxygen atoms in total. The maximum Gasteiger partial charge on any atom is 0.226 e. The number of nitrogens with two attached hydrogens (primary N) is 1. The monoisotopic (exact) mass is 399 g/mol. The highest BCUT2D eigenvalue weighted by molar-refractivity contribution is 5.84. The van der Waals surface area contributed by atoms with Gasteiger partial charge in [0.25, 0.3) is 0 Å². The number of aromatic nitrogens is 3. The zero-order chi connectivity index (χ0) is 20.6. The van der Waals surface area contributed by atoms with Gasteiger partial charge in [-0.25, -0.2) is 9.50 Å². The van der Waals surface area contributed by atoms with Gasteiger partial charge < -0.3 is 20.5 Å². The Morgan fingerprint density at radius 2 is 2.21 bits per heavy atom. The Balaban J connectivity index is 1.50. The summed E-state index contributed by atoms with van der Waals surface area (Å²) < 4.78 is 7.86. The molecule has 3 saturated heterocycles. The van der Waals surface area contributed by atoms with Crippen molar-refractivity contribution < 1.29 is 14.6 Å². The molecule has 3 N–H and O–H groups in total. The number of nitrogens with zero attached hydrogens (tertiary/aromatic N) is 4. The summed E-state index contributed by atoms with van der Waals surface area (Å²) in [6.45, 7) is 8.57. The molecule has 6 rings (SSSR count). The zero-order valence-corrected chi connectivity index (χ0v) is 17.3. The standard InChI is InChI=1S/C21H29N5O3/c1-4-19(3)5-6-25(11-19)14-7-13(2)17-23-16(24-26(17)8-14)15-21(18(22)28)9-20(10-21,12-27)29-15/h7-8,15,27H,4-6,9-12H2,1-3H3,(H2,22,28)/t15?,19-,20?,21?/m0/s1. The Kier molecular flexibility index (Phi) is 3.84. The number of carbonyl (C=O) groups excluding carboxylic acids is 1. The number of amides is 1. The van der Waals surface area contributed by atoms with Gasteiger partial charge in [0.1, 0.15) is 6.10 Å². The van der Waals surface area contributed by atoms with Crippen LogP contribution < -0.4 is 10.6 Å². The summed E-state index contributed by atoms with van der Waals surface area (Å²) in [6.07, 6.45) is 4.62. The summed E-state index contributed by atoms with van der Waals surface area (Å²) in [5, 5.41) is 14.4. The molecule has 1 saturated carbocycles. The summed E-state index contributed by atoms with van der Waals surface area (Å²) in [4.78, 5) is 19.3. The van der Waals surface area contributed by atoms with E-state index in [0.29, 0.717) is 24.1 Å². The van der Waals surface area contributed by atoms with Crippen molar-refractivity contribution in [3.63, 3.8) is 0 Å². The lowest BCUT2D eigenvalue weighted by atomic mass is 9.59. The van der Waals surface area contributed by atoms with Gasteiger partial charge in [0.2, 0.25) is 5.91 Å². The summed E-state index contributed by atoms with van der Waals surface area (Å²) >= 11 is 0. The number of rotatable bonds is 5. The molecule has 0 radical (unpaired) electrons. The van der Waals surface area contributed by atoms with Gasteiger partial charge in [-0.3, -0.25) is 4.79 Å². The molecule has 156 valence electrons. The highest BCUT2D eigenvalue weighted by Crippen LogP contribution is 2.66. The highest BCUT2D eigenvalue weighted by Gasteiger charge is 2.72. The third kappa shape index (κ3) is 2.55. The van der Waals surface area contributed by atoms with Crippen LogP contribution in [0.2, 0.25) is 0 Å². The summed E-state index contributed by atoms with van der Waals surface area (Å²) in [7, 11) is 0. The van der Waals surface area contributed by atoms with Crippen molar-refractivity contribution in [1.82, 2.24) is 14.6 Å². The fourth-order valence-electron chi connectivity index (χ4n) is 5.45. The van der Waals surface area contributed by atoms with Crippen molar-refractivity contribution in [3.05, 3.63) is 23.7 Å². The fourth-order valence-corrected chi connectivity index (χ4v) is 5.45. The Morgan fingerprint density at radius 3 is 2.83 bits per heavy atom. The Morgan fingerprint density at radius 1 is 1.45 bits per heavy atom. The molecule has 2 atom stereocenters. The SMILES string of the molecule is CC[C@@]1(C)CCN(c2cc(C)c3nc(C4OC5(CO)CC4(C(N)=O)C5)nn3c2)C1. The van der Waals surface area contributed by atoms with E-state index in [1.54, 1.807) is 4.52 Å². The van der Waals surface area contributed by atoms with Crippen LogP contribution in [0.3, 0.4) is 0 Å². The molecule has 1 aliphatic carbocycles. The van der Waals surface area contributed by atoms with Crippen LogP contribution in [-0.2, 0) is 9.53 Å². The molecule has 1 amide bonds. The Hall–Kier alpha value is -2.19. The second kappa shape index (κ2) is 5.92. The minimum atomic E-state index is -0.817. The van der Waals surface area contributed by atoms with Gasteiger partial charge in [-0.05, 0) is 49.7 Å². The number of pyridine rings is 1. The van der Waals surface area contributed by atoms with Gasteiger partial charge in [-0.2, -0.15) is 0 Å². The molecule has 2 aromatic rings. The molecular formula is C21H29N5O3. The smallest absolute Gasteiger partial charge is 0.226 e. The first-order chi connectivity index (χ1) is 13.7. The van der Waals surface area contributed by atoms with Gasteiger partial charge in [-0.15, -0.1) is 5.10 Å². The first kappa shape index (κ1) is 18.8. The third-order valence-electron chi connectivity index (χ3n) is 7.55. The van der Waals surface area contributed by atoms with Gasteiger partial charge >= 0.3 is 0 Å². The van der Waals surface area contributed by atoms with Crippen LogP contribution in [0.1, 0.15) is 57.0 Å². The third-order valence-corrected chi connectivity index (χ3v) is 7.55. The first-order valence-electron chi connectivity index (χ1n) is 10.4. The lowest BCUT2D eigenvalue weighted by Gasteiger charge is -2.41. The summed E-state index contributed by atoms with van der Waals surface area (Å²) in [6, 6.07) is 2.16. The molecule has 2 bridgehead atoms. The molecule has 4 fully saturated rings. The van der Waals surface area contributed by atoms with Crippen molar-refractivity contribution in [2.24, 2.45) is 16.6 Å². The van der Waals surface area contributed by atoms with E-state index in [-0.39, 0.29) is 6.61 Å². The molecule has 0 spiro atoms. The van der Waals surface area contributed by atoms with Crippen LogP contribution in [0.15, 0.2) is 12.3 Å². The average molecular weight is 399 g/mol. The number of aliphatic hydroxyl groups excluding tert-OH is 1. The maximum atomic E-state index is 12.2. The van der Waals surface area contributed by atoms with Gasteiger partial charge in [0.05, 0.1) is 29.5 Å². The zero-order valence-electron chi connectivity index (χ0n) is 17.3. The normalized spacial score (nSPS) is 36.0. The minimum absolute atomic E-state index is 0.125. The predicted molar refractivity (Wildman–Crippen MR) is 107 cm³/mol. The van der Waals surface area contributed by atoms with Crippen LogP contribution in [0.4, 0.5) is 5.69 Å². The van der Waals surface area contributed by atoms with Gasteiger partial charge in [0, 0.05) is 13.1 Å². The molecule has 29 heavy (non-hydrogen) atoms. The number of primary amides is 1. The molecule has 8 heteroatoms. The van der Waals surface area contributed by atoms with E-state index >= 15 is 0 Å². The van der Waals surface area contributed by atoms with Gasteiger partial charge in [-0.1, -0.05) is 13.8 Å². The van der Waals surface area contributed by atoms with Gasteiger partial charge in [0.15, 0.2) is 11.5 Å². The topological polar surface area (TPSA) is 106 Å². The van der Waals surface area contributed by atoms with E-state index in [0.717, 1.165) is 30.0 Å². The summed E-state index contributed by atoms with van der Waals surface area (Å²) in [5.41, 5.74) is 7.48. The Labute approximate surface area is 170 Å². The van der Waals surface area contributed by atoms with Crippen LogP contribution in [-0.4, -0.2) is 50.9 Å². The average Bonchev–Trinajstić information content (AvgIpc) is 3.40. The second-order valence-electron chi connectivity index (χ2n) is 9.67. The van der Waals surface area contributed by atoms with E-state index in [2.05, 4.69) is 29.9 Å². The van der Waals surface area contributed by atoms with E-state index < -0.39 is 23.0 Å². The summed E-state index contributed by atoms with van der Waals surface area (Å²) in [5.74, 6) is 0.0629. The lowest BCUT2D eigenvalue weighted by Crippen LogP contribution is -2.53. The number of aliphatic hydroxyl groups is 1. The van der Waals surface area contributed by atoms with E-state index in [9.17, 15) is 9.90 Å². The highest BCUT2D eigenvalue weighted by atomic mass is 16.5. The van der Waals surface area contributed by atoms with Crippen LogP contribution >= 0.6 is 0 Å². The molecule has 2 aromatic heterocycles. The number of hydrogen-bond acceptors (Lipinski definition) is 6. The number of hydrogen-bond donors (Lipinski definition) is 2. The van der Waals surface area contributed by atoms with E-state index in [1.165, 1.54) is 12.8 Å². The minimum Gasteiger partial charge on any atom is -0.393 e. The number of ether oxygens (including phenoxy) is 1. The van der Waals surface area contributed by atoms with Crippen molar-refractivity contribution in [2.45, 2.75) is 58.2 Å². The van der Waals surface area contributed by atoms with Crippen LogP contribution in [0.25, 0.3) is 5.65 Å².